The maximum atomic E-state index is 11.6. The van der Waals surface area contributed by atoms with Gasteiger partial charge < -0.3 is 10.5 Å². The average Bonchev–Trinajstić information content (AvgIpc) is 2.23. The minimum atomic E-state index is -0.586. The Kier molecular flexibility index (Phi) is 2.09. The van der Waals surface area contributed by atoms with Crippen LogP contribution >= 0.6 is 0 Å². The monoisotopic (exact) mass is 193 g/mol. The molecule has 0 saturated carbocycles. The Morgan fingerprint density at radius 2 is 2.50 bits per heavy atom. The number of pyridine rings is 1. The lowest BCUT2D eigenvalue weighted by Gasteiger charge is -2.29. The number of anilines is 1. The predicted molar refractivity (Wildman–Crippen MR) is 51.1 cm³/mol. The number of likely N-dealkylation sites (N-methyl/N-ethyl adjacent to an activating group) is 1. The van der Waals surface area contributed by atoms with Gasteiger partial charge in [0.1, 0.15) is 0 Å². The van der Waals surface area contributed by atoms with Crippen molar-refractivity contribution < 1.29 is 9.53 Å². The molecule has 1 aromatic heterocycles. The van der Waals surface area contributed by atoms with Crippen LogP contribution in [0.4, 0.5) is 5.82 Å². The molecule has 0 spiro atoms. The third-order valence-corrected chi connectivity index (χ3v) is 2.16. The molecule has 0 bridgehead atoms. The van der Waals surface area contributed by atoms with Crippen LogP contribution in [0.25, 0.3) is 0 Å². The lowest BCUT2D eigenvalue weighted by Crippen LogP contribution is -2.47. The third-order valence-electron chi connectivity index (χ3n) is 2.16. The van der Waals surface area contributed by atoms with E-state index in [1.54, 1.807) is 25.4 Å². The first-order chi connectivity index (χ1) is 6.74. The van der Waals surface area contributed by atoms with Crippen molar-refractivity contribution in [1.82, 2.24) is 4.98 Å². The van der Waals surface area contributed by atoms with Gasteiger partial charge in [0.15, 0.2) is 17.7 Å². The average molecular weight is 193 g/mol. The molecule has 0 radical (unpaired) electrons. The van der Waals surface area contributed by atoms with Gasteiger partial charge in [0.05, 0.1) is 0 Å². The van der Waals surface area contributed by atoms with Crippen LogP contribution < -0.4 is 15.4 Å². The lowest BCUT2D eigenvalue weighted by atomic mass is 10.2. The van der Waals surface area contributed by atoms with Crippen LogP contribution in [0.15, 0.2) is 18.3 Å². The highest BCUT2D eigenvalue weighted by Gasteiger charge is 2.31. The first kappa shape index (κ1) is 8.96. The molecule has 1 aliphatic heterocycles. The zero-order valence-corrected chi connectivity index (χ0v) is 7.80. The van der Waals surface area contributed by atoms with Gasteiger partial charge in [-0.15, -0.1) is 0 Å². The van der Waals surface area contributed by atoms with Gasteiger partial charge in [0.2, 0.25) is 0 Å². The summed E-state index contributed by atoms with van der Waals surface area (Å²) in [5, 5.41) is 0. The Bertz CT molecular complexity index is 367. The van der Waals surface area contributed by atoms with E-state index in [-0.39, 0.29) is 12.5 Å². The van der Waals surface area contributed by atoms with Crippen LogP contribution in [0, 0.1) is 0 Å². The van der Waals surface area contributed by atoms with Crippen molar-refractivity contribution in [1.29, 1.82) is 0 Å². The van der Waals surface area contributed by atoms with E-state index in [2.05, 4.69) is 4.98 Å². The number of nitrogens with zero attached hydrogens (tertiary/aromatic N) is 2. The maximum absolute atomic E-state index is 11.6. The number of aromatic nitrogens is 1. The molecule has 0 aromatic carbocycles. The first-order valence-electron chi connectivity index (χ1n) is 4.33. The Hall–Kier alpha value is -1.62. The fourth-order valence-corrected chi connectivity index (χ4v) is 1.40. The Morgan fingerprint density at radius 1 is 1.71 bits per heavy atom. The molecule has 5 heteroatoms. The SMILES string of the molecule is CN1C(=O)C(CN)Oc2cccnc21. The number of carbonyl (C=O) groups is 1. The van der Waals surface area contributed by atoms with E-state index in [9.17, 15) is 4.79 Å². The van der Waals surface area contributed by atoms with Gasteiger partial charge in [-0.05, 0) is 12.1 Å². The highest BCUT2D eigenvalue weighted by molar-refractivity contribution is 5.98. The van der Waals surface area contributed by atoms with E-state index in [1.807, 2.05) is 0 Å². The molecule has 2 heterocycles. The summed E-state index contributed by atoms with van der Waals surface area (Å²) in [4.78, 5) is 17.1. The summed E-state index contributed by atoms with van der Waals surface area (Å²) in [6.45, 7) is 0.178. The lowest BCUT2D eigenvalue weighted by molar-refractivity contribution is -0.125. The van der Waals surface area contributed by atoms with Crippen molar-refractivity contribution >= 4 is 11.7 Å². The zero-order chi connectivity index (χ0) is 10.1. The van der Waals surface area contributed by atoms with Gasteiger partial charge >= 0.3 is 0 Å². The molecule has 1 atom stereocenters. The molecule has 1 aromatic rings. The van der Waals surface area contributed by atoms with Gasteiger partial charge in [0.25, 0.3) is 5.91 Å². The minimum absolute atomic E-state index is 0.154. The molecular formula is C9H11N3O2. The van der Waals surface area contributed by atoms with Crippen molar-refractivity contribution in [3.8, 4) is 5.75 Å². The molecular weight excluding hydrogens is 182 g/mol. The number of hydrogen-bond acceptors (Lipinski definition) is 4. The van der Waals surface area contributed by atoms with Crippen LogP contribution in [-0.4, -0.2) is 30.6 Å². The normalized spacial score (nSPS) is 20.3. The Labute approximate surface area is 81.5 Å². The number of nitrogens with two attached hydrogens (primary N) is 1. The van der Waals surface area contributed by atoms with Crippen molar-refractivity contribution in [2.45, 2.75) is 6.10 Å². The third kappa shape index (κ3) is 1.22. The maximum Gasteiger partial charge on any atom is 0.270 e. The van der Waals surface area contributed by atoms with Gasteiger partial charge in [-0.2, -0.15) is 0 Å². The second kappa shape index (κ2) is 3.26. The standard InChI is InChI=1S/C9H11N3O2/c1-12-8-6(3-2-4-11-8)14-7(5-10)9(12)13/h2-4,7H,5,10H2,1H3. The number of carbonyl (C=O) groups excluding carboxylic acids is 1. The smallest absolute Gasteiger partial charge is 0.270 e. The van der Waals surface area contributed by atoms with Gasteiger partial charge in [0, 0.05) is 19.8 Å². The van der Waals surface area contributed by atoms with Crippen molar-refractivity contribution in [2.75, 3.05) is 18.5 Å². The minimum Gasteiger partial charge on any atom is -0.475 e. The second-order valence-corrected chi connectivity index (χ2v) is 3.06. The summed E-state index contributed by atoms with van der Waals surface area (Å²) in [6.07, 6.45) is 1.03. The number of rotatable bonds is 1. The fraction of sp³-hybridized carbons (Fsp3) is 0.333. The van der Waals surface area contributed by atoms with Crippen molar-refractivity contribution in [3.05, 3.63) is 18.3 Å². The van der Waals surface area contributed by atoms with E-state index >= 15 is 0 Å². The zero-order valence-electron chi connectivity index (χ0n) is 7.80. The van der Waals surface area contributed by atoms with E-state index in [1.165, 1.54) is 4.90 Å². The second-order valence-electron chi connectivity index (χ2n) is 3.06. The molecule has 0 aliphatic carbocycles. The molecule has 1 unspecified atom stereocenters. The molecule has 1 aliphatic rings. The van der Waals surface area contributed by atoms with E-state index in [0.29, 0.717) is 11.6 Å². The van der Waals surface area contributed by atoms with Gasteiger partial charge in [-0.3, -0.25) is 9.69 Å². The quantitative estimate of drug-likeness (QED) is 0.668. The summed E-state index contributed by atoms with van der Waals surface area (Å²) < 4.78 is 5.39. The fourth-order valence-electron chi connectivity index (χ4n) is 1.40. The van der Waals surface area contributed by atoms with E-state index < -0.39 is 6.10 Å². The van der Waals surface area contributed by atoms with E-state index in [0.717, 1.165) is 0 Å². The summed E-state index contributed by atoms with van der Waals surface area (Å²) in [5.74, 6) is 0.992. The number of fused-ring (bicyclic) bond motifs is 1. The number of ether oxygens (including phenoxy) is 1. The highest BCUT2D eigenvalue weighted by atomic mass is 16.5. The van der Waals surface area contributed by atoms with Crippen molar-refractivity contribution in [2.24, 2.45) is 5.73 Å². The number of hydrogen-bond donors (Lipinski definition) is 1. The van der Waals surface area contributed by atoms with Crippen molar-refractivity contribution in [3.63, 3.8) is 0 Å². The molecule has 0 fully saturated rings. The molecule has 1 amide bonds. The molecule has 2 N–H and O–H groups in total. The molecule has 74 valence electrons. The van der Waals surface area contributed by atoms with Crippen LogP contribution in [0.2, 0.25) is 0 Å². The highest BCUT2D eigenvalue weighted by Crippen LogP contribution is 2.29. The number of amides is 1. The van der Waals surface area contributed by atoms with Crippen LogP contribution in [0.3, 0.4) is 0 Å². The summed E-state index contributed by atoms with van der Waals surface area (Å²) >= 11 is 0. The van der Waals surface area contributed by atoms with Gasteiger partial charge in [-0.25, -0.2) is 4.98 Å². The molecule has 14 heavy (non-hydrogen) atoms. The van der Waals surface area contributed by atoms with Crippen LogP contribution in [0.1, 0.15) is 0 Å². The topological polar surface area (TPSA) is 68.5 Å². The van der Waals surface area contributed by atoms with Gasteiger partial charge in [-0.1, -0.05) is 0 Å². The largest absolute Gasteiger partial charge is 0.475 e. The first-order valence-corrected chi connectivity index (χ1v) is 4.33. The Balaban J connectivity index is 2.42. The molecule has 2 rings (SSSR count). The predicted octanol–water partition coefficient (Wildman–Crippen LogP) is -0.236. The summed E-state index contributed by atoms with van der Waals surface area (Å²) in [6, 6.07) is 3.53. The molecule has 5 nitrogen and oxygen atoms in total. The Morgan fingerprint density at radius 3 is 3.21 bits per heavy atom. The van der Waals surface area contributed by atoms with Crippen LogP contribution in [-0.2, 0) is 4.79 Å². The molecule has 0 saturated heterocycles. The van der Waals surface area contributed by atoms with E-state index in [4.69, 9.17) is 10.5 Å². The summed E-state index contributed by atoms with van der Waals surface area (Å²) in [7, 11) is 1.67. The summed E-state index contributed by atoms with van der Waals surface area (Å²) in [5.41, 5.74) is 5.42. The van der Waals surface area contributed by atoms with Crippen LogP contribution in [0.5, 0.6) is 5.75 Å².